The molecule has 0 aromatic carbocycles. The minimum absolute atomic E-state index is 0.121. The summed E-state index contributed by atoms with van der Waals surface area (Å²) < 4.78 is 5.64. The highest BCUT2D eigenvalue weighted by atomic mass is 16.3. The lowest BCUT2D eigenvalue weighted by Gasteiger charge is -2.41. The molecule has 2 heterocycles. The first-order valence-electron chi connectivity index (χ1n) is 7.90. The molecule has 2 rings (SSSR count). The van der Waals surface area contributed by atoms with Crippen LogP contribution in [0.25, 0.3) is 0 Å². The first-order valence-corrected chi connectivity index (χ1v) is 7.90. The maximum atomic E-state index is 6.36. The van der Waals surface area contributed by atoms with E-state index in [0.29, 0.717) is 6.04 Å². The maximum Gasteiger partial charge on any atom is 0.122 e. The van der Waals surface area contributed by atoms with Crippen LogP contribution in [0.3, 0.4) is 0 Å². The van der Waals surface area contributed by atoms with Crippen LogP contribution in [0.1, 0.15) is 44.9 Å². The third kappa shape index (κ3) is 3.43. The number of piperidine rings is 1. The summed E-state index contributed by atoms with van der Waals surface area (Å²) in [6.07, 6.45) is 5.15. The molecule has 1 aliphatic rings. The molecule has 114 valence electrons. The van der Waals surface area contributed by atoms with Gasteiger partial charge in [0.05, 0.1) is 12.3 Å². The minimum Gasteiger partial charge on any atom is -0.468 e. The molecule has 0 saturated carbocycles. The average Bonchev–Trinajstić information content (AvgIpc) is 3.01. The number of rotatable bonds is 6. The van der Waals surface area contributed by atoms with Crippen LogP contribution in [0.5, 0.6) is 0 Å². The predicted octanol–water partition coefficient (Wildman–Crippen LogP) is 2.47. The third-order valence-corrected chi connectivity index (χ3v) is 4.73. The van der Waals surface area contributed by atoms with Crippen molar-refractivity contribution in [3.63, 3.8) is 0 Å². The Balaban J connectivity index is 2.05. The van der Waals surface area contributed by atoms with Crippen LogP contribution in [-0.2, 0) is 0 Å². The van der Waals surface area contributed by atoms with Crippen LogP contribution in [0.15, 0.2) is 22.8 Å². The number of hydrogen-bond donors (Lipinski definition) is 1. The van der Waals surface area contributed by atoms with Crippen molar-refractivity contribution in [3.8, 4) is 0 Å². The Morgan fingerprint density at radius 1 is 1.40 bits per heavy atom. The molecule has 4 nitrogen and oxygen atoms in total. The molecule has 20 heavy (non-hydrogen) atoms. The number of furan rings is 1. The van der Waals surface area contributed by atoms with Crippen molar-refractivity contribution in [2.24, 2.45) is 5.73 Å². The quantitative estimate of drug-likeness (QED) is 0.869. The molecule has 0 aliphatic carbocycles. The van der Waals surface area contributed by atoms with Gasteiger partial charge in [0.25, 0.3) is 0 Å². The summed E-state index contributed by atoms with van der Waals surface area (Å²) in [6, 6.07) is 4.92. The van der Waals surface area contributed by atoms with Crippen LogP contribution in [0, 0.1) is 0 Å². The molecule has 0 spiro atoms. The fourth-order valence-corrected chi connectivity index (χ4v) is 3.27. The molecule has 2 atom stereocenters. The first-order chi connectivity index (χ1) is 9.67. The number of nitrogens with two attached hydrogens (primary N) is 1. The Bertz CT molecular complexity index is 371. The molecular weight excluding hydrogens is 250 g/mol. The van der Waals surface area contributed by atoms with E-state index in [1.807, 2.05) is 6.07 Å². The number of nitrogens with zero attached hydrogens (tertiary/aromatic N) is 2. The zero-order chi connectivity index (χ0) is 14.5. The molecule has 2 N–H and O–H groups in total. The molecule has 1 aromatic rings. The highest BCUT2D eigenvalue weighted by molar-refractivity contribution is 5.08. The second-order valence-corrected chi connectivity index (χ2v) is 5.86. The van der Waals surface area contributed by atoms with Gasteiger partial charge in [-0.1, -0.05) is 13.8 Å². The Morgan fingerprint density at radius 2 is 2.10 bits per heavy atom. The fraction of sp³-hybridized carbons (Fsp3) is 0.750. The summed E-state index contributed by atoms with van der Waals surface area (Å²) in [4.78, 5) is 4.96. The summed E-state index contributed by atoms with van der Waals surface area (Å²) >= 11 is 0. The molecule has 1 aromatic heterocycles. The van der Waals surface area contributed by atoms with E-state index < -0.39 is 0 Å². The zero-order valence-corrected chi connectivity index (χ0v) is 13.1. The van der Waals surface area contributed by atoms with E-state index in [1.165, 1.54) is 25.9 Å². The Morgan fingerprint density at radius 3 is 2.60 bits per heavy atom. The highest BCUT2D eigenvalue weighted by Gasteiger charge is 2.31. The van der Waals surface area contributed by atoms with Gasteiger partial charge in [-0.05, 0) is 58.1 Å². The molecule has 0 bridgehead atoms. The lowest BCUT2D eigenvalue weighted by molar-refractivity contribution is 0.0768. The van der Waals surface area contributed by atoms with Crippen molar-refractivity contribution in [2.75, 3.05) is 26.7 Å². The number of likely N-dealkylation sites (N-methyl/N-ethyl adjacent to an activating group) is 1. The predicted molar refractivity (Wildman–Crippen MR) is 82.6 cm³/mol. The maximum absolute atomic E-state index is 6.36. The van der Waals surface area contributed by atoms with Gasteiger partial charge in [0.1, 0.15) is 5.76 Å². The van der Waals surface area contributed by atoms with Crippen molar-refractivity contribution in [2.45, 2.75) is 51.2 Å². The second-order valence-electron chi connectivity index (χ2n) is 5.86. The summed E-state index contributed by atoms with van der Waals surface area (Å²) in [5, 5.41) is 0. The molecule has 0 radical (unpaired) electrons. The topological polar surface area (TPSA) is 45.6 Å². The van der Waals surface area contributed by atoms with Crippen LogP contribution in [-0.4, -0.2) is 48.6 Å². The fourth-order valence-electron chi connectivity index (χ4n) is 3.27. The Hall–Kier alpha value is -0.840. The van der Waals surface area contributed by atoms with Crippen molar-refractivity contribution in [1.82, 2.24) is 9.80 Å². The molecule has 2 unspecified atom stereocenters. The summed E-state index contributed by atoms with van der Waals surface area (Å²) in [5.41, 5.74) is 6.36. The van der Waals surface area contributed by atoms with Crippen LogP contribution < -0.4 is 5.73 Å². The Labute approximate surface area is 122 Å². The second kappa shape index (κ2) is 7.25. The molecular formula is C16H29N3O. The average molecular weight is 279 g/mol. The van der Waals surface area contributed by atoms with Gasteiger partial charge in [-0.15, -0.1) is 0 Å². The molecule has 4 heteroatoms. The lowest BCUT2D eigenvalue weighted by Crippen LogP contribution is -2.48. The third-order valence-electron chi connectivity index (χ3n) is 4.73. The van der Waals surface area contributed by atoms with Gasteiger partial charge in [0.15, 0.2) is 0 Å². The SMILES string of the molecule is CCC(N)C(c1ccco1)N(C)C1CCN(CC)CC1. The van der Waals surface area contributed by atoms with Gasteiger partial charge in [-0.2, -0.15) is 0 Å². The van der Waals surface area contributed by atoms with Gasteiger partial charge < -0.3 is 15.1 Å². The van der Waals surface area contributed by atoms with Gasteiger partial charge in [0.2, 0.25) is 0 Å². The largest absolute Gasteiger partial charge is 0.468 e. The van der Waals surface area contributed by atoms with Crippen molar-refractivity contribution in [1.29, 1.82) is 0 Å². The van der Waals surface area contributed by atoms with Gasteiger partial charge in [0, 0.05) is 12.1 Å². The van der Waals surface area contributed by atoms with Gasteiger partial charge in [-0.25, -0.2) is 0 Å². The summed E-state index contributed by atoms with van der Waals surface area (Å²) in [7, 11) is 2.20. The normalized spacial score (nSPS) is 21.2. The highest BCUT2D eigenvalue weighted by Crippen LogP contribution is 2.29. The van der Waals surface area contributed by atoms with Crippen molar-refractivity contribution < 1.29 is 4.42 Å². The molecule has 1 saturated heterocycles. The number of hydrogen-bond acceptors (Lipinski definition) is 4. The van der Waals surface area contributed by atoms with Crippen LogP contribution >= 0.6 is 0 Å². The standard InChI is InChI=1S/C16H29N3O/c1-4-14(17)16(15-7-6-12-20-15)18(3)13-8-10-19(5-2)11-9-13/h6-7,12-14,16H,4-5,8-11,17H2,1-3H3. The van der Waals surface area contributed by atoms with E-state index >= 15 is 0 Å². The van der Waals surface area contributed by atoms with Gasteiger partial charge in [-0.3, -0.25) is 4.90 Å². The Kier molecular flexibility index (Phi) is 5.64. The van der Waals surface area contributed by atoms with Crippen LogP contribution in [0.2, 0.25) is 0 Å². The number of likely N-dealkylation sites (tertiary alicyclic amines) is 1. The van der Waals surface area contributed by atoms with E-state index in [2.05, 4.69) is 36.8 Å². The molecule has 1 aliphatic heterocycles. The molecule has 1 fully saturated rings. The summed E-state index contributed by atoms with van der Waals surface area (Å²) in [6.45, 7) is 7.93. The van der Waals surface area contributed by atoms with E-state index in [4.69, 9.17) is 10.2 Å². The van der Waals surface area contributed by atoms with Crippen molar-refractivity contribution in [3.05, 3.63) is 24.2 Å². The van der Waals surface area contributed by atoms with E-state index in [-0.39, 0.29) is 12.1 Å². The minimum atomic E-state index is 0.121. The van der Waals surface area contributed by atoms with E-state index in [9.17, 15) is 0 Å². The van der Waals surface area contributed by atoms with Crippen LogP contribution in [0.4, 0.5) is 0 Å². The lowest BCUT2D eigenvalue weighted by atomic mass is 9.96. The first kappa shape index (κ1) is 15.5. The molecule has 0 amide bonds. The van der Waals surface area contributed by atoms with Gasteiger partial charge >= 0.3 is 0 Å². The summed E-state index contributed by atoms with van der Waals surface area (Å²) in [5.74, 6) is 1.000. The van der Waals surface area contributed by atoms with E-state index in [0.717, 1.165) is 18.7 Å². The smallest absolute Gasteiger partial charge is 0.122 e. The van der Waals surface area contributed by atoms with Crippen molar-refractivity contribution >= 4 is 0 Å². The van der Waals surface area contributed by atoms with E-state index in [1.54, 1.807) is 6.26 Å². The zero-order valence-electron chi connectivity index (χ0n) is 13.1. The monoisotopic (exact) mass is 279 g/mol.